The minimum absolute atomic E-state index is 0.0415. The lowest BCUT2D eigenvalue weighted by Crippen LogP contribution is -2.57. The Morgan fingerprint density at radius 3 is 2.40 bits per heavy atom. The van der Waals surface area contributed by atoms with Crippen LogP contribution >= 0.6 is 0 Å². The summed E-state index contributed by atoms with van der Waals surface area (Å²) in [6.07, 6.45) is -0.730. The molecule has 0 spiro atoms. The molecule has 5 atom stereocenters. The molecule has 2 aliphatic rings. The molecule has 2 fully saturated rings. The van der Waals surface area contributed by atoms with Gasteiger partial charge in [0, 0.05) is 49.6 Å². The maximum absolute atomic E-state index is 13.8. The second-order valence-electron chi connectivity index (χ2n) is 12.2. The first-order valence-electron chi connectivity index (χ1n) is 14.2. The first kappa shape index (κ1) is 31.1. The summed E-state index contributed by atoms with van der Waals surface area (Å²) in [6, 6.07) is 2.54. The van der Waals surface area contributed by atoms with E-state index in [1.807, 2.05) is 31.7 Å². The van der Waals surface area contributed by atoms with E-state index >= 15 is 0 Å². The number of hydrogen-bond donors (Lipinski definition) is 2. The second-order valence-corrected chi connectivity index (χ2v) is 12.2. The summed E-state index contributed by atoms with van der Waals surface area (Å²) in [7, 11) is 1.43. The number of halogens is 3. The molecule has 43 heavy (non-hydrogen) atoms. The minimum Gasteiger partial charge on any atom is -0.394 e. The van der Waals surface area contributed by atoms with E-state index in [0.717, 1.165) is 25.0 Å². The number of likely N-dealkylation sites (tertiary alicyclic amines) is 1. The molecule has 0 radical (unpaired) electrons. The SMILES string of the molecule is CO[C@@H]1[C@@H](n2cc(-c3cc(F)c(F)c(F)c3)nn2)[C@@H](O)[C@@H](CO)O[C@@H]1Cc1cc(C2CCN(C(=O)C(C)(C)C)CC2)on1. The molecule has 14 heteroatoms. The fourth-order valence-corrected chi connectivity index (χ4v) is 5.85. The predicted octanol–water partition coefficient (Wildman–Crippen LogP) is 3.02. The topological polar surface area (TPSA) is 136 Å². The van der Waals surface area contributed by atoms with E-state index in [1.54, 1.807) is 0 Å². The molecule has 3 aromatic rings. The van der Waals surface area contributed by atoms with Crippen LogP contribution in [0.3, 0.4) is 0 Å². The van der Waals surface area contributed by atoms with Crippen molar-refractivity contribution in [3.63, 3.8) is 0 Å². The number of aliphatic hydroxyl groups excluding tert-OH is 2. The summed E-state index contributed by atoms with van der Waals surface area (Å²) >= 11 is 0. The summed E-state index contributed by atoms with van der Waals surface area (Å²) in [4.78, 5) is 14.5. The zero-order valence-electron chi connectivity index (χ0n) is 24.4. The fraction of sp³-hybridized carbons (Fsp3) is 0.586. The van der Waals surface area contributed by atoms with Gasteiger partial charge in [0.1, 0.15) is 35.8 Å². The number of hydrogen-bond acceptors (Lipinski definition) is 9. The highest BCUT2D eigenvalue weighted by atomic mass is 19.2. The van der Waals surface area contributed by atoms with Gasteiger partial charge in [0.2, 0.25) is 5.91 Å². The number of aromatic nitrogens is 4. The number of benzene rings is 1. The molecule has 4 heterocycles. The number of piperidine rings is 1. The van der Waals surface area contributed by atoms with Crippen molar-refractivity contribution in [3.05, 3.63) is 53.3 Å². The maximum atomic E-state index is 13.8. The van der Waals surface area contributed by atoms with Crippen LogP contribution < -0.4 is 0 Å². The lowest BCUT2D eigenvalue weighted by molar-refractivity contribution is -0.212. The van der Waals surface area contributed by atoms with Gasteiger partial charge in [0.25, 0.3) is 0 Å². The summed E-state index contributed by atoms with van der Waals surface area (Å²) in [5.74, 6) is -3.41. The molecule has 0 unspecified atom stereocenters. The number of nitrogens with zero attached hydrogens (tertiary/aromatic N) is 5. The lowest BCUT2D eigenvalue weighted by Gasteiger charge is -2.43. The molecule has 2 aromatic heterocycles. The van der Waals surface area contributed by atoms with Crippen LogP contribution in [-0.4, -0.2) is 92.4 Å². The van der Waals surface area contributed by atoms with Gasteiger partial charge in [-0.25, -0.2) is 17.9 Å². The predicted molar refractivity (Wildman–Crippen MR) is 145 cm³/mol. The number of carbonyl (C=O) groups excluding carboxylic acids is 1. The summed E-state index contributed by atoms with van der Waals surface area (Å²) in [5, 5.41) is 33.3. The van der Waals surface area contributed by atoms with Crippen molar-refractivity contribution < 1.29 is 42.2 Å². The molecule has 234 valence electrons. The molecule has 1 amide bonds. The molecule has 0 saturated carbocycles. The Morgan fingerprint density at radius 2 is 1.79 bits per heavy atom. The molecular formula is C29H36F3N5O6. The van der Waals surface area contributed by atoms with Crippen LogP contribution in [-0.2, 0) is 20.7 Å². The molecule has 2 aliphatic heterocycles. The van der Waals surface area contributed by atoms with Crippen LogP contribution in [0.1, 0.15) is 57.0 Å². The molecule has 1 aromatic carbocycles. The lowest BCUT2D eigenvalue weighted by atomic mass is 9.89. The van der Waals surface area contributed by atoms with E-state index in [1.165, 1.54) is 18.0 Å². The Hall–Kier alpha value is -3.33. The second kappa shape index (κ2) is 12.3. The van der Waals surface area contributed by atoms with E-state index in [9.17, 15) is 28.2 Å². The van der Waals surface area contributed by atoms with Gasteiger partial charge in [-0.3, -0.25) is 4.79 Å². The minimum atomic E-state index is -1.60. The number of carbonyl (C=O) groups is 1. The van der Waals surface area contributed by atoms with Crippen molar-refractivity contribution in [1.29, 1.82) is 0 Å². The van der Waals surface area contributed by atoms with Crippen LogP contribution in [0.15, 0.2) is 28.9 Å². The molecule has 2 N–H and O–H groups in total. The molecule has 0 aliphatic carbocycles. The number of ether oxygens (including phenoxy) is 2. The number of methoxy groups -OCH3 is 1. The van der Waals surface area contributed by atoms with Crippen molar-refractivity contribution in [2.24, 2.45) is 5.41 Å². The summed E-state index contributed by atoms with van der Waals surface area (Å²) in [5.41, 5.74) is 0.141. The zero-order valence-corrected chi connectivity index (χ0v) is 24.4. The van der Waals surface area contributed by atoms with Gasteiger partial charge in [0.15, 0.2) is 17.5 Å². The molecule has 2 saturated heterocycles. The van der Waals surface area contributed by atoms with Gasteiger partial charge in [-0.2, -0.15) is 0 Å². The van der Waals surface area contributed by atoms with Crippen molar-refractivity contribution in [1.82, 2.24) is 25.1 Å². The van der Waals surface area contributed by atoms with Gasteiger partial charge < -0.3 is 29.1 Å². The van der Waals surface area contributed by atoms with E-state index in [0.29, 0.717) is 24.5 Å². The van der Waals surface area contributed by atoms with Crippen LogP contribution in [0.4, 0.5) is 13.2 Å². The number of amides is 1. The Morgan fingerprint density at radius 1 is 1.12 bits per heavy atom. The van der Waals surface area contributed by atoms with Gasteiger partial charge >= 0.3 is 0 Å². The highest BCUT2D eigenvalue weighted by molar-refractivity contribution is 5.81. The Kier molecular flexibility index (Phi) is 8.93. The largest absolute Gasteiger partial charge is 0.394 e. The Labute approximate surface area is 246 Å². The maximum Gasteiger partial charge on any atom is 0.227 e. The van der Waals surface area contributed by atoms with Gasteiger partial charge in [-0.1, -0.05) is 31.1 Å². The van der Waals surface area contributed by atoms with Crippen molar-refractivity contribution in [2.75, 3.05) is 26.8 Å². The average molecular weight is 608 g/mol. The standard InChI is InChI=1S/C29H36F3N5O6/c1-29(2,3)28(40)36-7-5-15(6-8-36)21-11-17(34-43-21)12-22-27(41-4)25(26(39)23(14-38)42-22)37-13-20(33-35-37)16-9-18(30)24(32)19(31)10-16/h9-11,13,15,22-23,25-27,38-39H,5-8,12,14H2,1-4H3/t22-,23-,25+,26+,27+/m1/s1. The average Bonchev–Trinajstić information content (AvgIpc) is 3.65. The van der Waals surface area contributed by atoms with Crippen molar-refractivity contribution in [3.8, 4) is 11.3 Å². The van der Waals surface area contributed by atoms with E-state index in [2.05, 4.69) is 15.5 Å². The normalized spacial score (nSPS) is 25.3. The third-order valence-corrected chi connectivity index (χ3v) is 8.14. The quantitative estimate of drug-likeness (QED) is 0.389. The highest BCUT2D eigenvalue weighted by Gasteiger charge is 2.47. The van der Waals surface area contributed by atoms with Crippen LogP contribution in [0.25, 0.3) is 11.3 Å². The summed E-state index contributed by atoms with van der Waals surface area (Å²) < 4.78 is 59.8. The van der Waals surface area contributed by atoms with Gasteiger partial charge in [-0.05, 0) is 25.0 Å². The molecule has 5 rings (SSSR count). The van der Waals surface area contributed by atoms with Crippen molar-refractivity contribution in [2.45, 2.75) is 76.4 Å². The molecule has 0 bridgehead atoms. The number of aliphatic hydroxyl groups is 2. The zero-order chi connectivity index (χ0) is 31.1. The highest BCUT2D eigenvalue weighted by Crippen LogP contribution is 2.35. The number of rotatable bonds is 7. The van der Waals surface area contributed by atoms with E-state index in [-0.39, 0.29) is 29.5 Å². The van der Waals surface area contributed by atoms with E-state index < -0.39 is 59.9 Å². The third kappa shape index (κ3) is 6.33. The molecular weight excluding hydrogens is 571 g/mol. The smallest absolute Gasteiger partial charge is 0.227 e. The van der Waals surface area contributed by atoms with Crippen LogP contribution in [0.5, 0.6) is 0 Å². The van der Waals surface area contributed by atoms with Crippen molar-refractivity contribution >= 4 is 5.91 Å². The Bertz CT molecular complexity index is 1410. The third-order valence-electron chi connectivity index (χ3n) is 8.14. The van der Waals surface area contributed by atoms with Crippen LogP contribution in [0, 0.1) is 22.9 Å². The summed E-state index contributed by atoms with van der Waals surface area (Å²) in [6.45, 7) is 6.48. The molecule has 11 nitrogen and oxygen atoms in total. The van der Waals surface area contributed by atoms with Gasteiger partial charge in [-0.15, -0.1) is 5.10 Å². The first-order valence-corrected chi connectivity index (χ1v) is 14.2. The fourth-order valence-electron chi connectivity index (χ4n) is 5.85. The monoisotopic (exact) mass is 607 g/mol. The van der Waals surface area contributed by atoms with E-state index in [4.69, 9.17) is 14.0 Å². The van der Waals surface area contributed by atoms with Gasteiger partial charge in [0.05, 0.1) is 24.6 Å². The first-order chi connectivity index (χ1) is 20.4. The Balaban J connectivity index is 1.32. The van der Waals surface area contributed by atoms with Crippen LogP contribution in [0.2, 0.25) is 0 Å².